The van der Waals surface area contributed by atoms with E-state index in [1.54, 1.807) is 0 Å². The standard InChI is InChI=1S/C15H28O4/c1-2-3-4-9-12-15(18)19-13-10-7-5-6-8-11-14(16)17/h2-13H2,1H3,(H,16,17). The summed E-state index contributed by atoms with van der Waals surface area (Å²) in [5.74, 6) is -0.806. The number of carbonyl (C=O) groups excluding carboxylic acids is 1. The van der Waals surface area contributed by atoms with E-state index in [-0.39, 0.29) is 12.4 Å². The maximum Gasteiger partial charge on any atom is 0.305 e. The van der Waals surface area contributed by atoms with Crippen LogP contribution in [0.1, 0.15) is 77.6 Å². The summed E-state index contributed by atoms with van der Waals surface area (Å²) in [6, 6.07) is 0. The molecule has 0 aromatic rings. The fourth-order valence-corrected chi connectivity index (χ4v) is 1.86. The predicted molar refractivity (Wildman–Crippen MR) is 75.1 cm³/mol. The van der Waals surface area contributed by atoms with Crippen LogP contribution >= 0.6 is 0 Å². The van der Waals surface area contributed by atoms with E-state index in [0.717, 1.165) is 44.9 Å². The van der Waals surface area contributed by atoms with Crippen molar-refractivity contribution in [2.75, 3.05) is 6.61 Å². The van der Waals surface area contributed by atoms with Crippen molar-refractivity contribution in [3.8, 4) is 0 Å². The second-order valence-electron chi connectivity index (χ2n) is 4.94. The lowest BCUT2D eigenvalue weighted by atomic mass is 10.1. The van der Waals surface area contributed by atoms with Crippen molar-refractivity contribution in [2.45, 2.75) is 77.6 Å². The number of hydrogen-bond donors (Lipinski definition) is 1. The smallest absolute Gasteiger partial charge is 0.305 e. The molecular weight excluding hydrogens is 244 g/mol. The van der Waals surface area contributed by atoms with E-state index in [9.17, 15) is 9.59 Å². The molecule has 0 aliphatic rings. The fraction of sp³-hybridized carbons (Fsp3) is 0.867. The first-order chi connectivity index (χ1) is 9.16. The number of esters is 1. The first-order valence-electron chi connectivity index (χ1n) is 7.54. The predicted octanol–water partition coefficient (Wildman–Crippen LogP) is 3.93. The Morgan fingerprint density at radius 3 is 2.11 bits per heavy atom. The number of rotatable bonds is 13. The third kappa shape index (κ3) is 14.9. The molecule has 0 saturated heterocycles. The van der Waals surface area contributed by atoms with E-state index in [4.69, 9.17) is 9.84 Å². The Hall–Kier alpha value is -1.06. The van der Waals surface area contributed by atoms with Crippen molar-refractivity contribution >= 4 is 11.9 Å². The van der Waals surface area contributed by atoms with E-state index in [2.05, 4.69) is 6.92 Å². The summed E-state index contributed by atoms with van der Waals surface area (Å²) in [6.45, 7) is 2.65. The van der Waals surface area contributed by atoms with Crippen LogP contribution < -0.4 is 0 Å². The molecule has 0 aromatic carbocycles. The minimum atomic E-state index is -0.725. The molecule has 0 heterocycles. The molecule has 0 rings (SSSR count). The topological polar surface area (TPSA) is 63.6 Å². The van der Waals surface area contributed by atoms with Crippen LogP contribution in [0, 0.1) is 0 Å². The van der Waals surface area contributed by atoms with Crippen LogP contribution in [-0.2, 0) is 14.3 Å². The molecule has 0 spiro atoms. The Kier molecular flexibility index (Phi) is 12.6. The van der Waals surface area contributed by atoms with E-state index in [0.29, 0.717) is 13.0 Å². The van der Waals surface area contributed by atoms with Crippen molar-refractivity contribution in [1.82, 2.24) is 0 Å². The summed E-state index contributed by atoms with van der Waals surface area (Å²) in [5, 5.41) is 8.46. The van der Waals surface area contributed by atoms with Gasteiger partial charge in [-0.1, -0.05) is 45.4 Å². The zero-order valence-electron chi connectivity index (χ0n) is 12.2. The monoisotopic (exact) mass is 272 g/mol. The molecule has 19 heavy (non-hydrogen) atoms. The van der Waals surface area contributed by atoms with Crippen LogP contribution in [-0.4, -0.2) is 23.7 Å². The zero-order chi connectivity index (χ0) is 14.3. The molecule has 0 aromatic heterocycles. The van der Waals surface area contributed by atoms with Gasteiger partial charge < -0.3 is 9.84 Å². The van der Waals surface area contributed by atoms with Crippen LogP contribution in [0.3, 0.4) is 0 Å². The quantitative estimate of drug-likeness (QED) is 0.407. The summed E-state index contributed by atoms with van der Waals surface area (Å²) in [6.07, 6.45) is 9.78. The molecular formula is C15H28O4. The number of unbranched alkanes of at least 4 members (excludes halogenated alkanes) is 7. The third-order valence-electron chi connectivity index (χ3n) is 3.03. The Morgan fingerprint density at radius 2 is 1.42 bits per heavy atom. The normalized spacial score (nSPS) is 10.4. The molecule has 0 atom stereocenters. The molecule has 0 aliphatic heterocycles. The lowest BCUT2D eigenvalue weighted by molar-refractivity contribution is -0.144. The van der Waals surface area contributed by atoms with Crippen LogP contribution in [0.25, 0.3) is 0 Å². The fourth-order valence-electron chi connectivity index (χ4n) is 1.86. The van der Waals surface area contributed by atoms with Gasteiger partial charge in [0, 0.05) is 12.8 Å². The number of carboxylic acid groups (broad SMARTS) is 1. The summed E-state index contributed by atoms with van der Waals surface area (Å²) < 4.78 is 5.13. The minimum Gasteiger partial charge on any atom is -0.481 e. The summed E-state index contributed by atoms with van der Waals surface area (Å²) in [7, 11) is 0. The second-order valence-corrected chi connectivity index (χ2v) is 4.94. The SMILES string of the molecule is CCCCCCC(=O)OCCCCCCCC(=O)O. The second kappa shape index (κ2) is 13.4. The highest BCUT2D eigenvalue weighted by Crippen LogP contribution is 2.07. The van der Waals surface area contributed by atoms with Crippen molar-refractivity contribution in [3.05, 3.63) is 0 Å². The number of carbonyl (C=O) groups is 2. The van der Waals surface area contributed by atoms with Crippen LogP contribution in [0.2, 0.25) is 0 Å². The number of hydrogen-bond acceptors (Lipinski definition) is 3. The van der Waals surface area contributed by atoms with E-state index in [1.165, 1.54) is 12.8 Å². The molecule has 4 nitrogen and oxygen atoms in total. The van der Waals surface area contributed by atoms with Gasteiger partial charge in [-0.05, 0) is 19.3 Å². The van der Waals surface area contributed by atoms with Gasteiger partial charge >= 0.3 is 11.9 Å². The van der Waals surface area contributed by atoms with Crippen LogP contribution in [0.4, 0.5) is 0 Å². The van der Waals surface area contributed by atoms with Gasteiger partial charge in [0.25, 0.3) is 0 Å². The molecule has 0 saturated carbocycles. The van der Waals surface area contributed by atoms with Gasteiger partial charge in [0.15, 0.2) is 0 Å². The van der Waals surface area contributed by atoms with Gasteiger partial charge in [-0.25, -0.2) is 0 Å². The number of ether oxygens (including phenoxy) is 1. The number of carboxylic acids is 1. The van der Waals surface area contributed by atoms with Crippen LogP contribution in [0.5, 0.6) is 0 Å². The van der Waals surface area contributed by atoms with Gasteiger partial charge in [-0.15, -0.1) is 0 Å². The van der Waals surface area contributed by atoms with Crippen molar-refractivity contribution in [1.29, 1.82) is 0 Å². The van der Waals surface area contributed by atoms with Gasteiger partial charge in [0.05, 0.1) is 6.61 Å². The summed E-state index contributed by atoms with van der Waals surface area (Å²) >= 11 is 0. The molecule has 112 valence electrons. The Morgan fingerprint density at radius 1 is 0.842 bits per heavy atom. The third-order valence-corrected chi connectivity index (χ3v) is 3.03. The molecule has 0 aliphatic carbocycles. The summed E-state index contributed by atoms with van der Waals surface area (Å²) in [5.41, 5.74) is 0. The van der Waals surface area contributed by atoms with Crippen molar-refractivity contribution in [3.63, 3.8) is 0 Å². The van der Waals surface area contributed by atoms with Gasteiger partial charge in [-0.2, -0.15) is 0 Å². The Balaban J connectivity index is 3.16. The minimum absolute atomic E-state index is 0.0815. The highest BCUT2D eigenvalue weighted by atomic mass is 16.5. The van der Waals surface area contributed by atoms with Gasteiger partial charge in [0.1, 0.15) is 0 Å². The molecule has 0 unspecified atom stereocenters. The average Bonchev–Trinajstić information content (AvgIpc) is 2.37. The zero-order valence-corrected chi connectivity index (χ0v) is 12.2. The number of aliphatic carboxylic acids is 1. The highest BCUT2D eigenvalue weighted by molar-refractivity contribution is 5.69. The maximum absolute atomic E-state index is 11.3. The lowest BCUT2D eigenvalue weighted by Crippen LogP contribution is -2.05. The van der Waals surface area contributed by atoms with E-state index in [1.807, 2.05) is 0 Å². The Labute approximate surface area is 116 Å². The van der Waals surface area contributed by atoms with Crippen molar-refractivity contribution in [2.24, 2.45) is 0 Å². The highest BCUT2D eigenvalue weighted by Gasteiger charge is 2.02. The first-order valence-corrected chi connectivity index (χ1v) is 7.54. The van der Waals surface area contributed by atoms with Gasteiger partial charge in [-0.3, -0.25) is 9.59 Å². The first kappa shape index (κ1) is 17.9. The molecule has 1 N–H and O–H groups in total. The largest absolute Gasteiger partial charge is 0.481 e. The lowest BCUT2D eigenvalue weighted by Gasteiger charge is -2.04. The molecule has 4 heteroatoms. The van der Waals surface area contributed by atoms with E-state index < -0.39 is 5.97 Å². The van der Waals surface area contributed by atoms with Crippen LogP contribution in [0.15, 0.2) is 0 Å². The summed E-state index contributed by atoms with van der Waals surface area (Å²) in [4.78, 5) is 21.6. The Bertz CT molecular complexity index is 238. The molecule has 0 fully saturated rings. The average molecular weight is 272 g/mol. The van der Waals surface area contributed by atoms with Gasteiger partial charge in [0.2, 0.25) is 0 Å². The van der Waals surface area contributed by atoms with Crippen molar-refractivity contribution < 1.29 is 19.4 Å². The molecule has 0 amide bonds. The maximum atomic E-state index is 11.3. The molecule has 0 bridgehead atoms. The molecule has 0 radical (unpaired) electrons. The van der Waals surface area contributed by atoms with E-state index >= 15 is 0 Å².